The third-order valence-electron chi connectivity index (χ3n) is 2.73. The van der Waals surface area contributed by atoms with Crippen molar-refractivity contribution in [2.45, 2.75) is 26.8 Å². The molecular weight excluding hydrogens is 200 g/mol. The first kappa shape index (κ1) is 12.7. The number of rotatable bonds is 4. The number of hydrogen-bond acceptors (Lipinski definition) is 2. The minimum atomic E-state index is -0.152. The number of nitrogens with one attached hydrogen (secondary N) is 1. The van der Waals surface area contributed by atoms with Crippen LogP contribution in [0.15, 0.2) is 24.3 Å². The molecule has 88 valence electrons. The molecule has 0 aliphatic carbocycles. The SMILES string of the molecule is CCN(C(=O)C(C)NC)c1ccc(C)cc1. The van der Waals surface area contributed by atoms with Gasteiger partial charge in [0.25, 0.3) is 0 Å². The highest BCUT2D eigenvalue weighted by Crippen LogP contribution is 2.15. The Bertz CT molecular complexity index is 345. The fourth-order valence-corrected chi connectivity index (χ4v) is 1.55. The normalized spacial score (nSPS) is 12.2. The lowest BCUT2D eigenvalue weighted by molar-refractivity contribution is -0.120. The molecule has 0 fully saturated rings. The van der Waals surface area contributed by atoms with Gasteiger partial charge in [-0.1, -0.05) is 17.7 Å². The fourth-order valence-electron chi connectivity index (χ4n) is 1.55. The summed E-state index contributed by atoms with van der Waals surface area (Å²) in [7, 11) is 1.80. The predicted octanol–water partition coefficient (Wildman–Crippen LogP) is 1.96. The Kier molecular flexibility index (Phi) is 4.50. The molecular formula is C13H20N2O. The molecule has 0 aliphatic heterocycles. The van der Waals surface area contributed by atoms with Gasteiger partial charge in [0, 0.05) is 12.2 Å². The highest BCUT2D eigenvalue weighted by Gasteiger charge is 2.18. The minimum Gasteiger partial charge on any atom is -0.311 e. The lowest BCUT2D eigenvalue weighted by atomic mass is 10.2. The molecule has 1 amide bonds. The van der Waals surface area contributed by atoms with Gasteiger partial charge in [-0.25, -0.2) is 0 Å². The van der Waals surface area contributed by atoms with Crippen molar-refractivity contribution in [1.29, 1.82) is 0 Å². The number of aryl methyl sites for hydroxylation is 1. The summed E-state index contributed by atoms with van der Waals surface area (Å²) in [6, 6.07) is 7.87. The summed E-state index contributed by atoms with van der Waals surface area (Å²) >= 11 is 0. The van der Waals surface area contributed by atoms with E-state index >= 15 is 0 Å². The summed E-state index contributed by atoms with van der Waals surface area (Å²) in [5.74, 6) is 0.105. The van der Waals surface area contributed by atoms with Gasteiger partial charge in [0.05, 0.1) is 6.04 Å². The Morgan fingerprint density at radius 2 is 1.94 bits per heavy atom. The Morgan fingerprint density at radius 1 is 1.38 bits per heavy atom. The number of likely N-dealkylation sites (N-methyl/N-ethyl adjacent to an activating group) is 2. The molecule has 3 heteroatoms. The minimum absolute atomic E-state index is 0.105. The Labute approximate surface area is 97.5 Å². The zero-order valence-corrected chi connectivity index (χ0v) is 10.4. The zero-order valence-electron chi connectivity index (χ0n) is 10.4. The monoisotopic (exact) mass is 220 g/mol. The van der Waals surface area contributed by atoms with Crippen LogP contribution in [0.5, 0.6) is 0 Å². The highest BCUT2D eigenvalue weighted by molar-refractivity contribution is 5.96. The van der Waals surface area contributed by atoms with Crippen LogP contribution >= 0.6 is 0 Å². The van der Waals surface area contributed by atoms with Crippen molar-refractivity contribution in [2.75, 3.05) is 18.5 Å². The summed E-state index contributed by atoms with van der Waals surface area (Å²) in [6.07, 6.45) is 0. The van der Waals surface area contributed by atoms with Crippen molar-refractivity contribution in [3.8, 4) is 0 Å². The number of hydrogen-bond donors (Lipinski definition) is 1. The van der Waals surface area contributed by atoms with Gasteiger partial charge in [0.2, 0.25) is 5.91 Å². The second-order valence-electron chi connectivity index (χ2n) is 3.93. The largest absolute Gasteiger partial charge is 0.311 e. The molecule has 1 aromatic carbocycles. The molecule has 3 nitrogen and oxygen atoms in total. The standard InChI is InChI=1S/C13H20N2O/c1-5-15(13(16)11(3)14-4)12-8-6-10(2)7-9-12/h6-9,11,14H,5H2,1-4H3. The molecule has 1 atom stereocenters. The van der Waals surface area contributed by atoms with Crippen molar-refractivity contribution < 1.29 is 4.79 Å². The molecule has 16 heavy (non-hydrogen) atoms. The zero-order chi connectivity index (χ0) is 12.1. The second kappa shape index (κ2) is 5.66. The van der Waals surface area contributed by atoms with Gasteiger partial charge in [-0.15, -0.1) is 0 Å². The summed E-state index contributed by atoms with van der Waals surface area (Å²) < 4.78 is 0. The highest BCUT2D eigenvalue weighted by atomic mass is 16.2. The first-order valence-electron chi connectivity index (χ1n) is 5.65. The van der Waals surface area contributed by atoms with Gasteiger partial charge >= 0.3 is 0 Å². The van der Waals surface area contributed by atoms with E-state index in [1.807, 2.05) is 45.0 Å². The molecule has 1 unspecified atom stereocenters. The number of carbonyl (C=O) groups is 1. The number of amides is 1. The van der Waals surface area contributed by atoms with E-state index < -0.39 is 0 Å². The second-order valence-corrected chi connectivity index (χ2v) is 3.93. The van der Waals surface area contributed by atoms with Gasteiger partial charge in [-0.2, -0.15) is 0 Å². The average Bonchev–Trinajstić information content (AvgIpc) is 2.31. The Morgan fingerprint density at radius 3 is 2.38 bits per heavy atom. The van der Waals surface area contributed by atoms with Crippen LogP contribution in [0.25, 0.3) is 0 Å². The Balaban J connectivity index is 2.90. The first-order valence-corrected chi connectivity index (χ1v) is 5.65. The van der Waals surface area contributed by atoms with E-state index in [9.17, 15) is 4.79 Å². The van der Waals surface area contributed by atoms with Gasteiger partial charge in [-0.3, -0.25) is 4.79 Å². The molecule has 0 bridgehead atoms. The molecule has 0 saturated heterocycles. The lowest BCUT2D eigenvalue weighted by Crippen LogP contribution is -2.43. The van der Waals surface area contributed by atoms with Crippen LogP contribution in [-0.4, -0.2) is 25.5 Å². The molecule has 0 saturated carbocycles. The first-order chi connectivity index (χ1) is 7.60. The van der Waals surface area contributed by atoms with Crippen molar-refractivity contribution >= 4 is 11.6 Å². The maximum Gasteiger partial charge on any atom is 0.243 e. The Hall–Kier alpha value is -1.35. The van der Waals surface area contributed by atoms with Crippen LogP contribution in [0.3, 0.4) is 0 Å². The van der Waals surface area contributed by atoms with Crippen molar-refractivity contribution in [3.05, 3.63) is 29.8 Å². The molecule has 0 aromatic heterocycles. The maximum absolute atomic E-state index is 12.1. The van der Waals surface area contributed by atoms with Crippen LogP contribution in [-0.2, 0) is 4.79 Å². The van der Waals surface area contributed by atoms with E-state index in [1.54, 1.807) is 11.9 Å². The van der Waals surface area contributed by atoms with E-state index in [2.05, 4.69) is 5.32 Å². The van der Waals surface area contributed by atoms with Crippen molar-refractivity contribution in [1.82, 2.24) is 5.32 Å². The number of carbonyl (C=O) groups excluding carboxylic acids is 1. The fraction of sp³-hybridized carbons (Fsp3) is 0.462. The summed E-state index contributed by atoms with van der Waals surface area (Å²) in [5.41, 5.74) is 2.16. The van der Waals surface area contributed by atoms with Crippen LogP contribution < -0.4 is 10.2 Å². The predicted molar refractivity (Wildman–Crippen MR) is 67.7 cm³/mol. The van der Waals surface area contributed by atoms with Crippen LogP contribution in [0.1, 0.15) is 19.4 Å². The quantitative estimate of drug-likeness (QED) is 0.841. The maximum atomic E-state index is 12.1. The molecule has 1 rings (SSSR count). The summed E-state index contributed by atoms with van der Waals surface area (Å²) in [5, 5.41) is 2.97. The van der Waals surface area contributed by atoms with E-state index in [0.29, 0.717) is 6.54 Å². The van der Waals surface area contributed by atoms with Crippen molar-refractivity contribution in [2.24, 2.45) is 0 Å². The molecule has 0 radical (unpaired) electrons. The van der Waals surface area contributed by atoms with Gasteiger partial charge < -0.3 is 10.2 Å². The van der Waals surface area contributed by atoms with E-state index in [4.69, 9.17) is 0 Å². The van der Waals surface area contributed by atoms with E-state index in [0.717, 1.165) is 5.69 Å². The van der Waals surface area contributed by atoms with E-state index in [1.165, 1.54) is 5.56 Å². The van der Waals surface area contributed by atoms with Crippen molar-refractivity contribution in [3.63, 3.8) is 0 Å². The lowest BCUT2D eigenvalue weighted by Gasteiger charge is -2.24. The average molecular weight is 220 g/mol. The van der Waals surface area contributed by atoms with Gasteiger partial charge in [-0.05, 0) is 40.0 Å². The number of benzene rings is 1. The molecule has 0 aliphatic rings. The summed E-state index contributed by atoms with van der Waals surface area (Å²) in [4.78, 5) is 13.8. The smallest absolute Gasteiger partial charge is 0.243 e. The topological polar surface area (TPSA) is 32.3 Å². The molecule has 1 N–H and O–H groups in total. The molecule has 0 spiro atoms. The van der Waals surface area contributed by atoms with Gasteiger partial charge in [0.15, 0.2) is 0 Å². The number of nitrogens with zero attached hydrogens (tertiary/aromatic N) is 1. The third kappa shape index (κ3) is 2.83. The van der Waals surface area contributed by atoms with Gasteiger partial charge in [0.1, 0.15) is 0 Å². The van der Waals surface area contributed by atoms with Crippen LogP contribution in [0.4, 0.5) is 5.69 Å². The van der Waals surface area contributed by atoms with Crippen LogP contribution in [0, 0.1) is 6.92 Å². The molecule has 1 aromatic rings. The summed E-state index contributed by atoms with van der Waals surface area (Å²) in [6.45, 7) is 6.59. The van der Waals surface area contributed by atoms with Crippen LogP contribution in [0.2, 0.25) is 0 Å². The number of anilines is 1. The molecule has 0 heterocycles. The third-order valence-corrected chi connectivity index (χ3v) is 2.73. The van der Waals surface area contributed by atoms with E-state index in [-0.39, 0.29) is 11.9 Å².